The Bertz CT molecular complexity index is 901. The number of para-hydroxylation sites is 1. The van der Waals surface area contributed by atoms with Gasteiger partial charge in [0, 0.05) is 0 Å². The van der Waals surface area contributed by atoms with Crippen LogP contribution in [0.15, 0.2) is 24.3 Å². The zero-order valence-electron chi connectivity index (χ0n) is 13.7. The summed E-state index contributed by atoms with van der Waals surface area (Å²) in [4.78, 5) is 7.60. The number of benzene rings is 1. The third-order valence-electron chi connectivity index (χ3n) is 2.84. The number of ether oxygens (including phenoxy) is 3. The lowest BCUT2D eigenvalue weighted by Gasteiger charge is -2.13. The number of anilines is 1. The van der Waals surface area contributed by atoms with E-state index >= 15 is 0 Å². The SMILES string of the molecule is COc1cc(OC)nc(Oc2cccc(F)c2NS(=O)(=O)CC(N)=S)n1. The molecule has 0 spiro atoms. The quantitative estimate of drug-likeness (QED) is 0.631. The van der Waals surface area contributed by atoms with Gasteiger partial charge in [0.1, 0.15) is 11.4 Å². The van der Waals surface area contributed by atoms with E-state index in [1.54, 1.807) is 0 Å². The number of hydrogen-bond donors (Lipinski definition) is 2. The van der Waals surface area contributed by atoms with Crippen LogP contribution in [-0.2, 0) is 10.0 Å². The second kappa shape index (κ2) is 8.10. The molecule has 26 heavy (non-hydrogen) atoms. The van der Waals surface area contributed by atoms with E-state index in [9.17, 15) is 12.8 Å². The molecule has 12 heteroatoms. The third-order valence-corrected chi connectivity index (χ3v) is 4.38. The monoisotopic (exact) mass is 402 g/mol. The Morgan fingerprint density at radius 2 is 1.88 bits per heavy atom. The maximum Gasteiger partial charge on any atom is 0.328 e. The highest BCUT2D eigenvalue weighted by molar-refractivity contribution is 7.95. The van der Waals surface area contributed by atoms with E-state index in [4.69, 9.17) is 19.9 Å². The fourth-order valence-corrected chi connectivity index (χ4v) is 3.23. The summed E-state index contributed by atoms with van der Waals surface area (Å²) in [6, 6.07) is 4.88. The van der Waals surface area contributed by atoms with Gasteiger partial charge in [-0.3, -0.25) is 4.72 Å². The van der Waals surface area contributed by atoms with Crippen molar-refractivity contribution in [3.05, 3.63) is 30.1 Å². The average Bonchev–Trinajstić information content (AvgIpc) is 2.56. The van der Waals surface area contributed by atoms with Crippen molar-refractivity contribution in [3.8, 4) is 23.5 Å². The van der Waals surface area contributed by atoms with E-state index < -0.39 is 27.3 Å². The molecule has 0 saturated heterocycles. The van der Waals surface area contributed by atoms with Crippen LogP contribution in [0, 0.1) is 5.82 Å². The Morgan fingerprint density at radius 3 is 2.42 bits per heavy atom. The lowest BCUT2D eigenvalue weighted by atomic mass is 10.3. The Kier molecular flexibility index (Phi) is 6.10. The Hall–Kier alpha value is -2.73. The van der Waals surface area contributed by atoms with E-state index in [1.165, 1.54) is 32.4 Å². The molecular weight excluding hydrogens is 387 g/mol. The Balaban J connectivity index is 2.39. The van der Waals surface area contributed by atoms with Gasteiger partial charge in [-0.2, -0.15) is 9.97 Å². The molecule has 0 radical (unpaired) electrons. The summed E-state index contributed by atoms with van der Waals surface area (Å²) in [5, 5.41) is 0. The van der Waals surface area contributed by atoms with Crippen LogP contribution < -0.4 is 24.7 Å². The van der Waals surface area contributed by atoms with Crippen LogP contribution in [0.5, 0.6) is 23.5 Å². The summed E-state index contributed by atoms with van der Waals surface area (Å²) in [5.41, 5.74) is 4.80. The number of thiocarbonyl (C=S) groups is 1. The molecule has 0 saturated carbocycles. The van der Waals surface area contributed by atoms with Gasteiger partial charge in [-0.25, -0.2) is 12.8 Å². The zero-order chi connectivity index (χ0) is 19.3. The van der Waals surface area contributed by atoms with Crippen LogP contribution in [0.1, 0.15) is 0 Å². The van der Waals surface area contributed by atoms with E-state index in [-0.39, 0.29) is 28.5 Å². The fraction of sp³-hybridized carbons (Fsp3) is 0.214. The normalized spacial score (nSPS) is 10.9. The standard InChI is InChI=1S/C14H15FN4O5S2/c1-22-11-6-12(23-2)18-14(17-11)24-9-5-3-4-8(15)13(9)19-26(20,21)7-10(16)25/h3-6,19H,7H2,1-2H3,(H2,16,25). The molecule has 140 valence electrons. The molecule has 9 nitrogen and oxygen atoms in total. The van der Waals surface area contributed by atoms with Gasteiger partial charge >= 0.3 is 6.01 Å². The molecular formula is C14H15FN4O5S2. The van der Waals surface area contributed by atoms with Crippen molar-refractivity contribution in [3.63, 3.8) is 0 Å². The molecule has 0 fully saturated rings. The molecule has 0 aliphatic rings. The molecule has 1 heterocycles. The summed E-state index contributed by atoms with van der Waals surface area (Å²) in [5.74, 6) is -1.42. The molecule has 0 aliphatic heterocycles. The van der Waals surface area contributed by atoms with Crippen LogP contribution in [-0.4, -0.2) is 43.3 Å². The van der Waals surface area contributed by atoms with E-state index in [1.807, 2.05) is 0 Å². The van der Waals surface area contributed by atoms with Gasteiger partial charge in [0.25, 0.3) is 0 Å². The van der Waals surface area contributed by atoms with Gasteiger partial charge in [-0.1, -0.05) is 18.3 Å². The van der Waals surface area contributed by atoms with Crippen LogP contribution in [0.2, 0.25) is 0 Å². The smallest absolute Gasteiger partial charge is 0.328 e. The molecule has 1 aromatic heterocycles. The lowest BCUT2D eigenvalue weighted by Crippen LogP contribution is -2.26. The number of aromatic nitrogens is 2. The molecule has 0 aliphatic carbocycles. The summed E-state index contributed by atoms with van der Waals surface area (Å²) < 4.78 is 55.6. The Labute approximate surface area is 154 Å². The van der Waals surface area contributed by atoms with Crippen molar-refractivity contribution >= 4 is 32.9 Å². The lowest BCUT2D eigenvalue weighted by molar-refractivity contribution is 0.348. The first-order valence-corrected chi connectivity index (χ1v) is 9.02. The maximum atomic E-state index is 14.2. The molecule has 0 atom stereocenters. The molecule has 2 rings (SSSR count). The van der Waals surface area contributed by atoms with Gasteiger partial charge in [0.2, 0.25) is 21.8 Å². The molecule has 0 unspecified atom stereocenters. The number of nitrogens with one attached hydrogen (secondary N) is 1. The van der Waals surface area contributed by atoms with E-state index in [2.05, 4.69) is 26.9 Å². The molecule has 0 bridgehead atoms. The Morgan fingerprint density at radius 1 is 1.27 bits per heavy atom. The molecule has 1 aromatic carbocycles. The van der Waals surface area contributed by atoms with Crippen molar-refractivity contribution in [1.82, 2.24) is 9.97 Å². The van der Waals surface area contributed by atoms with Gasteiger partial charge in [0.15, 0.2) is 11.6 Å². The van der Waals surface area contributed by atoms with Crippen molar-refractivity contribution in [2.45, 2.75) is 0 Å². The van der Waals surface area contributed by atoms with Crippen LogP contribution in [0.4, 0.5) is 10.1 Å². The number of nitrogens with zero attached hydrogens (tertiary/aromatic N) is 2. The minimum atomic E-state index is -4.02. The highest BCUT2D eigenvalue weighted by Gasteiger charge is 2.20. The van der Waals surface area contributed by atoms with Crippen LogP contribution in [0.25, 0.3) is 0 Å². The van der Waals surface area contributed by atoms with Crippen LogP contribution in [0.3, 0.4) is 0 Å². The minimum Gasteiger partial charge on any atom is -0.481 e. The number of methoxy groups -OCH3 is 2. The van der Waals surface area contributed by atoms with E-state index in [0.717, 1.165) is 6.07 Å². The molecule has 3 N–H and O–H groups in total. The van der Waals surface area contributed by atoms with Gasteiger partial charge in [-0.15, -0.1) is 0 Å². The van der Waals surface area contributed by atoms with Crippen LogP contribution >= 0.6 is 12.2 Å². The summed E-state index contributed by atoms with van der Waals surface area (Å²) in [6.07, 6.45) is 0. The van der Waals surface area contributed by atoms with Crippen molar-refractivity contribution in [2.24, 2.45) is 5.73 Å². The average molecular weight is 402 g/mol. The fourth-order valence-electron chi connectivity index (χ4n) is 1.80. The zero-order valence-corrected chi connectivity index (χ0v) is 15.4. The minimum absolute atomic E-state index is 0.138. The van der Waals surface area contributed by atoms with Crippen molar-refractivity contribution in [2.75, 3.05) is 24.7 Å². The maximum absolute atomic E-state index is 14.2. The topological polar surface area (TPSA) is 126 Å². The third kappa shape index (κ3) is 5.13. The molecule has 2 aromatic rings. The number of nitrogens with two attached hydrogens (primary N) is 1. The number of sulfonamides is 1. The number of hydrogen-bond acceptors (Lipinski definition) is 8. The largest absolute Gasteiger partial charge is 0.481 e. The van der Waals surface area contributed by atoms with Gasteiger partial charge < -0.3 is 19.9 Å². The summed E-state index contributed by atoms with van der Waals surface area (Å²) in [7, 11) is -1.27. The van der Waals surface area contributed by atoms with Crippen molar-refractivity contribution < 1.29 is 27.0 Å². The second-order valence-electron chi connectivity index (χ2n) is 4.78. The van der Waals surface area contributed by atoms with Crippen molar-refractivity contribution in [1.29, 1.82) is 0 Å². The number of rotatable bonds is 8. The first kappa shape index (κ1) is 19.6. The highest BCUT2D eigenvalue weighted by Crippen LogP contribution is 2.32. The first-order valence-electron chi connectivity index (χ1n) is 6.96. The van der Waals surface area contributed by atoms with Gasteiger partial charge in [-0.05, 0) is 12.1 Å². The first-order chi connectivity index (χ1) is 12.2. The molecule has 0 amide bonds. The predicted octanol–water partition coefficient (Wildman–Crippen LogP) is 1.45. The summed E-state index contributed by atoms with van der Waals surface area (Å²) in [6.45, 7) is 0. The number of halogens is 1. The van der Waals surface area contributed by atoms with E-state index in [0.29, 0.717) is 0 Å². The predicted molar refractivity (Wildman–Crippen MR) is 95.8 cm³/mol. The van der Waals surface area contributed by atoms with Gasteiger partial charge in [0.05, 0.1) is 25.3 Å². The summed E-state index contributed by atoms with van der Waals surface area (Å²) >= 11 is 4.57. The highest BCUT2D eigenvalue weighted by atomic mass is 32.2. The second-order valence-corrected chi connectivity index (χ2v) is 7.02.